The van der Waals surface area contributed by atoms with Crippen LogP contribution in [0.5, 0.6) is 0 Å². The lowest BCUT2D eigenvalue weighted by atomic mass is 9.97. The molecule has 0 saturated carbocycles. The Labute approximate surface area is 267 Å². The van der Waals surface area contributed by atoms with Crippen molar-refractivity contribution in [2.45, 2.75) is 165 Å². The number of carbonyl (C=O) groups excluding carboxylic acids is 1. The van der Waals surface area contributed by atoms with Crippen LogP contribution in [-0.2, 0) is 28.5 Å². The Hall–Kier alpha value is -1.23. The molecule has 0 aliphatic carbocycles. The first-order chi connectivity index (χ1) is 21.6. The fourth-order valence-electron chi connectivity index (χ4n) is 5.52. The van der Waals surface area contributed by atoms with E-state index >= 15 is 0 Å². The third kappa shape index (κ3) is 13.8. The van der Waals surface area contributed by atoms with Crippen molar-refractivity contribution < 1.29 is 64.2 Å². The first kappa shape index (κ1) is 39.9. The molecule has 2 rings (SSSR count). The number of carbonyl (C=O) groups is 1. The van der Waals surface area contributed by atoms with Crippen LogP contribution in [0.1, 0.15) is 97.3 Å². The molecular formula is C32H58O13. The number of aliphatic hydroxyl groups is 7. The second-order valence-electron chi connectivity index (χ2n) is 12.0. The van der Waals surface area contributed by atoms with E-state index in [0.717, 1.165) is 64.2 Å². The van der Waals surface area contributed by atoms with Crippen LogP contribution < -0.4 is 0 Å². The average molecular weight is 651 g/mol. The molecule has 0 aromatic carbocycles. The van der Waals surface area contributed by atoms with Crippen molar-refractivity contribution in [2.24, 2.45) is 0 Å². The number of hydrogen-bond donors (Lipinski definition) is 7. The second-order valence-corrected chi connectivity index (χ2v) is 12.0. The van der Waals surface area contributed by atoms with Crippen molar-refractivity contribution in [1.29, 1.82) is 0 Å². The van der Waals surface area contributed by atoms with Crippen molar-refractivity contribution >= 4 is 5.97 Å². The minimum absolute atomic E-state index is 0.104. The highest BCUT2D eigenvalue weighted by atomic mass is 16.8. The normalized spacial score (nSPS) is 33.0. The third-order valence-corrected chi connectivity index (χ3v) is 8.29. The SMILES string of the molecule is CCOC(=O)CCCCCCC/C=C\CCCCCC[C@H](C)O[C@@H]1O[C@H](CO)[C@@H](O)[C@H](O)[C@H]1O[C@@H]1O[C@H](CO)[C@@H](O)[C@H](O)[C@H]1O. The molecule has 0 unspecified atom stereocenters. The van der Waals surface area contributed by atoms with E-state index < -0.39 is 74.6 Å². The molecular weight excluding hydrogens is 592 g/mol. The van der Waals surface area contributed by atoms with E-state index in [1.54, 1.807) is 0 Å². The van der Waals surface area contributed by atoms with Gasteiger partial charge >= 0.3 is 5.97 Å². The van der Waals surface area contributed by atoms with E-state index in [2.05, 4.69) is 12.2 Å². The van der Waals surface area contributed by atoms with Crippen LogP contribution in [0.3, 0.4) is 0 Å². The molecule has 2 heterocycles. The zero-order valence-corrected chi connectivity index (χ0v) is 26.9. The molecule has 0 bridgehead atoms. The van der Waals surface area contributed by atoms with E-state index in [1.165, 1.54) is 6.42 Å². The third-order valence-electron chi connectivity index (χ3n) is 8.29. The Morgan fingerprint density at radius 3 is 1.84 bits per heavy atom. The van der Waals surface area contributed by atoms with Crippen LogP contribution >= 0.6 is 0 Å². The number of hydrogen-bond acceptors (Lipinski definition) is 13. The molecule has 7 N–H and O–H groups in total. The Bertz CT molecular complexity index is 812. The van der Waals surface area contributed by atoms with Gasteiger partial charge in [-0.05, 0) is 52.4 Å². The fourth-order valence-corrected chi connectivity index (χ4v) is 5.52. The summed E-state index contributed by atoms with van der Waals surface area (Å²) in [6.07, 6.45) is 2.29. The molecule has 0 spiro atoms. The van der Waals surface area contributed by atoms with Gasteiger partial charge in [-0.25, -0.2) is 0 Å². The maximum atomic E-state index is 11.3. The van der Waals surface area contributed by atoms with E-state index in [-0.39, 0.29) is 12.1 Å². The maximum absolute atomic E-state index is 11.3. The number of ether oxygens (including phenoxy) is 5. The van der Waals surface area contributed by atoms with Crippen LogP contribution in [-0.4, -0.2) is 129 Å². The van der Waals surface area contributed by atoms with Gasteiger partial charge in [0.2, 0.25) is 0 Å². The van der Waals surface area contributed by atoms with Crippen molar-refractivity contribution in [3.05, 3.63) is 12.2 Å². The van der Waals surface area contributed by atoms with Gasteiger partial charge in [0.1, 0.15) is 48.8 Å². The fraction of sp³-hybridized carbons (Fsp3) is 0.906. The summed E-state index contributed by atoms with van der Waals surface area (Å²) in [5.41, 5.74) is 0. The molecule has 0 aromatic rings. The zero-order chi connectivity index (χ0) is 33.2. The summed E-state index contributed by atoms with van der Waals surface area (Å²) in [5.74, 6) is -0.104. The Kier molecular flexibility index (Phi) is 19.8. The highest BCUT2D eigenvalue weighted by Crippen LogP contribution is 2.30. The summed E-state index contributed by atoms with van der Waals surface area (Å²) in [7, 11) is 0. The first-order valence-corrected chi connectivity index (χ1v) is 16.7. The van der Waals surface area contributed by atoms with Gasteiger partial charge in [0.05, 0.1) is 25.9 Å². The van der Waals surface area contributed by atoms with Gasteiger partial charge in [-0.1, -0.05) is 50.7 Å². The van der Waals surface area contributed by atoms with Gasteiger partial charge in [-0.3, -0.25) is 4.79 Å². The first-order valence-electron chi connectivity index (χ1n) is 16.7. The lowest BCUT2D eigenvalue weighted by molar-refractivity contribution is -0.371. The maximum Gasteiger partial charge on any atom is 0.305 e. The Balaban J connectivity index is 1.66. The predicted octanol–water partition coefficient (Wildman–Crippen LogP) is 1.21. The number of aliphatic hydroxyl groups excluding tert-OH is 7. The summed E-state index contributed by atoms with van der Waals surface area (Å²) < 4.78 is 27.7. The molecule has 0 aromatic heterocycles. The van der Waals surface area contributed by atoms with E-state index in [1.807, 2.05) is 13.8 Å². The predicted molar refractivity (Wildman–Crippen MR) is 163 cm³/mol. The lowest BCUT2D eigenvalue weighted by Crippen LogP contribution is -2.64. The van der Waals surface area contributed by atoms with Crippen molar-refractivity contribution in [3.8, 4) is 0 Å². The van der Waals surface area contributed by atoms with E-state index in [0.29, 0.717) is 19.4 Å². The van der Waals surface area contributed by atoms with Crippen LogP contribution in [0.25, 0.3) is 0 Å². The Morgan fingerprint density at radius 1 is 0.711 bits per heavy atom. The van der Waals surface area contributed by atoms with E-state index in [4.69, 9.17) is 23.7 Å². The molecule has 13 heteroatoms. The molecule has 2 aliphatic heterocycles. The highest BCUT2D eigenvalue weighted by molar-refractivity contribution is 5.69. The van der Waals surface area contributed by atoms with Crippen LogP contribution in [0.4, 0.5) is 0 Å². The topological polar surface area (TPSA) is 205 Å². The van der Waals surface area contributed by atoms with Gasteiger partial charge in [0.25, 0.3) is 0 Å². The van der Waals surface area contributed by atoms with Crippen LogP contribution in [0.15, 0.2) is 12.2 Å². The highest BCUT2D eigenvalue weighted by Gasteiger charge is 2.51. The summed E-state index contributed by atoms with van der Waals surface area (Å²) in [6, 6.07) is 0. The molecule has 2 fully saturated rings. The second kappa shape index (κ2) is 22.4. The molecule has 264 valence electrons. The van der Waals surface area contributed by atoms with Crippen molar-refractivity contribution in [2.75, 3.05) is 19.8 Å². The average Bonchev–Trinajstić information content (AvgIpc) is 3.02. The molecule has 2 saturated heterocycles. The Morgan fingerprint density at radius 2 is 1.24 bits per heavy atom. The number of unbranched alkanes of at least 4 members (excludes halogenated alkanes) is 9. The number of allylic oxidation sites excluding steroid dienone is 2. The van der Waals surface area contributed by atoms with Gasteiger partial charge in [0.15, 0.2) is 12.6 Å². The number of esters is 1. The summed E-state index contributed by atoms with van der Waals surface area (Å²) in [6.45, 7) is 2.87. The largest absolute Gasteiger partial charge is 0.466 e. The molecule has 2 aliphatic rings. The van der Waals surface area contributed by atoms with Gasteiger partial charge in [-0.2, -0.15) is 0 Å². The molecule has 11 atom stereocenters. The number of rotatable bonds is 22. The molecule has 0 amide bonds. The van der Waals surface area contributed by atoms with E-state index in [9.17, 15) is 40.5 Å². The smallest absolute Gasteiger partial charge is 0.305 e. The van der Waals surface area contributed by atoms with Crippen LogP contribution in [0.2, 0.25) is 0 Å². The van der Waals surface area contributed by atoms with Gasteiger partial charge < -0.3 is 59.4 Å². The molecule has 0 radical (unpaired) electrons. The minimum atomic E-state index is -1.71. The van der Waals surface area contributed by atoms with Crippen molar-refractivity contribution in [1.82, 2.24) is 0 Å². The molecule has 45 heavy (non-hydrogen) atoms. The minimum Gasteiger partial charge on any atom is -0.466 e. The standard InChI is InChI=1S/C32H58O13/c1-3-41-24(35)18-16-14-12-10-8-6-4-5-7-9-11-13-15-17-21(2)42-32-30(28(39)26(37)23(20-34)44-32)45-31-29(40)27(38)25(36)22(19-33)43-31/h4-5,21-23,25-34,36-40H,3,6-20H2,1-2H3/b5-4-/t21-,22+,23+,25+,26+,27-,28-,29+,30+,31-,32+/m0/s1. The van der Waals surface area contributed by atoms with Crippen molar-refractivity contribution in [3.63, 3.8) is 0 Å². The van der Waals surface area contributed by atoms with Crippen LogP contribution in [0, 0.1) is 0 Å². The lowest BCUT2D eigenvalue weighted by Gasteiger charge is -2.46. The summed E-state index contributed by atoms with van der Waals surface area (Å²) >= 11 is 0. The summed E-state index contributed by atoms with van der Waals surface area (Å²) in [5, 5.41) is 70.7. The summed E-state index contributed by atoms with van der Waals surface area (Å²) in [4.78, 5) is 11.3. The zero-order valence-electron chi connectivity index (χ0n) is 26.9. The quantitative estimate of drug-likeness (QED) is 0.0501. The van der Waals surface area contributed by atoms with Gasteiger partial charge in [-0.15, -0.1) is 0 Å². The molecule has 13 nitrogen and oxygen atoms in total. The van der Waals surface area contributed by atoms with Gasteiger partial charge in [0, 0.05) is 6.42 Å². The monoisotopic (exact) mass is 650 g/mol.